The van der Waals surface area contributed by atoms with Gasteiger partial charge in [0.15, 0.2) is 0 Å². The second kappa shape index (κ2) is 4.64. The van der Waals surface area contributed by atoms with E-state index in [2.05, 4.69) is 17.9 Å². The molecule has 0 aromatic rings. The number of hydrogen-bond acceptors (Lipinski definition) is 2. The SMILES string of the molecule is C=C/C(=C\C(=C)OC(C)=O)C(F)(F)F. The minimum Gasteiger partial charge on any atom is -0.427 e. The lowest BCUT2D eigenvalue weighted by molar-refractivity contribution is -0.136. The highest BCUT2D eigenvalue weighted by atomic mass is 19.4. The number of ether oxygens (including phenoxy) is 1. The normalized spacial score (nSPS) is 12.1. The quantitative estimate of drug-likeness (QED) is 0.403. The number of halogens is 3. The fraction of sp³-hybridized carbons (Fsp3) is 0.222. The van der Waals surface area contributed by atoms with Gasteiger partial charge in [0.1, 0.15) is 5.76 Å². The number of allylic oxidation sites excluding steroid dienone is 3. The summed E-state index contributed by atoms with van der Waals surface area (Å²) in [5.41, 5.74) is -1.01. The number of hydrogen-bond donors (Lipinski definition) is 0. The fourth-order valence-corrected chi connectivity index (χ4v) is 0.644. The molecule has 0 aromatic heterocycles. The van der Waals surface area contributed by atoms with Gasteiger partial charge in [0.05, 0.1) is 5.57 Å². The Labute approximate surface area is 79.4 Å². The molecule has 0 N–H and O–H groups in total. The van der Waals surface area contributed by atoms with Crippen LogP contribution in [0.1, 0.15) is 6.92 Å². The van der Waals surface area contributed by atoms with Crippen LogP contribution in [0.4, 0.5) is 13.2 Å². The van der Waals surface area contributed by atoms with Crippen LogP contribution in [0.2, 0.25) is 0 Å². The third-order valence-electron chi connectivity index (χ3n) is 1.14. The van der Waals surface area contributed by atoms with Gasteiger partial charge < -0.3 is 4.74 Å². The summed E-state index contributed by atoms with van der Waals surface area (Å²) in [5.74, 6) is -1.10. The van der Waals surface area contributed by atoms with Crippen molar-refractivity contribution in [2.45, 2.75) is 13.1 Å². The fourth-order valence-electron chi connectivity index (χ4n) is 0.644. The molecule has 0 radical (unpaired) electrons. The first-order valence-electron chi connectivity index (χ1n) is 3.56. The summed E-state index contributed by atoms with van der Waals surface area (Å²) in [5, 5.41) is 0. The molecular weight excluding hydrogens is 197 g/mol. The van der Waals surface area contributed by atoms with Gasteiger partial charge >= 0.3 is 12.1 Å². The second-order valence-electron chi connectivity index (χ2n) is 2.36. The number of alkyl halides is 3. The number of esters is 1. The van der Waals surface area contributed by atoms with E-state index in [-0.39, 0.29) is 5.76 Å². The monoisotopic (exact) mass is 206 g/mol. The maximum absolute atomic E-state index is 12.1. The van der Waals surface area contributed by atoms with E-state index in [9.17, 15) is 18.0 Å². The molecule has 14 heavy (non-hydrogen) atoms. The maximum Gasteiger partial charge on any atom is 0.416 e. The van der Waals surface area contributed by atoms with E-state index in [0.29, 0.717) is 12.2 Å². The summed E-state index contributed by atoms with van der Waals surface area (Å²) in [6, 6.07) is 0. The molecule has 0 rings (SSSR count). The average Bonchev–Trinajstić information content (AvgIpc) is 1.96. The minimum absolute atomic E-state index is 0.371. The van der Waals surface area contributed by atoms with Crippen molar-refractivity contribution in [1.82, 2.24) is 0 Å². The van der Waals surface area contributed by atoms with Gasteiger partial charge in [-0.05, 0) is 6.08 Å². The molecule has 78 valence electrons. The predicted octanol–water partition coefficient (Wildman–Crippen LogP) is 2.74. The van der Waals surface area contributed by atoms with Gasteiger partial charge in [0, 0.05) is 6.92 Å². The summed E-state index contributed by atoms with van der Waals surface area (Å²) in [4.78, 5) is 10.4. The molecule has 0 fully saturated rings. The van der Waals surface area contributed by atoms with Gasteiger partial charge in [0.25, 0.3) is 0 Å². The lowest BCUT2D eigenvalue weighted by atomic mass is 10.2. The van der Waals surface area contributed by atoms with Crippen molar-refractivity contribution in [3.05, 3.63) is 36.6 Å². The van der Waals surface area contributed by atoms with Gasteiger partial charge in [-0.25, -0.2) is 0 Å². The van der Waals surface area contributed by atoms with E-state index in [0.717, 1.165) is 6.92 Å². The Kier molecular flexibility index (Phi) is 4.14. The Hall–Kier alpha value is -1.52. The molecule has 0 aliphatic rings. The van der Waals surface area contributed by atoms with Crippen molar-refractivity contribution in [3.8, 4) is 0 Å². The Morgan fingerprint density at radius 1 is 1.43 bits per heavy atom. The Balaban J connectivity index is 4.69. The largest absolute Gasteiger partial charge is 0.427 e. The van der Waals surface area contributed by atoms with E-state index >= 15 is 0 Å². The Morgan fingerprint density at radius 3 is 2.21 bits per heavy atom. The smallest absolute Gasteiger partial charge is 0.416 e. The van der Waals surface area contributed by atoms with Crippen LogP contribution in [0.15, 0.2) is 36.6 Å². The third kappa shape index (κ3) is 4.49. The van der Waals surface area contributed by atoms with Crippen molar-refractivity contribution in [3.63, 3.8) is 0 Å². The first-order valence-corrected chi connectivity index (χ1v) is 3.56. The molecule has 0 saturated carbocycles. The van der Waals surface area contributed by atoms with E-state index in [1.165, 1.54) is 0 Å². The number of carbonyl (C=O) groups excluding carboxylic acids is 1. The summed E-state index contributed by atoms with van der Waals surface area (Å²) in [6.45, 7) is 7.19. The van der Waals surface area contributed by atoms with Crippen LogP contribution in [0.25, 0.3) is 0 Å². The molecule has 0 aliphatic carbocycles. The van der Waals surface area contributed by atoms with E-state index in [1.807, 2.05) is 0 Å². The first-order chi connectivity index (χ1) is 6.27. The summed E-state index contributed by atoms with van der Waals surface area (Å²) in [7, 11) is 0. The van der Waals surface area contributed by atoms with Gasteiger partial charge in [0.2, 0.25) is 0 Å². The lowest BCUT2D eigenvalue weighted by Crippen LogP contribution is -2.10. The third-order valence-corrected chi connectivity index (χ3v) is 1.14. The molecule has 0 amide bonds. The van der Waals surface area contributed by atoms with E-state index < -0.39 is 17.7 Å². The molecule has 5 heteroatoms. The van der Waals surface area contributed by atoms with Crippen molar-refractivity contribution in [1.29, 1.82) is 0 Å². The average molecular weight is 206 g/mol. The highest BCUT2D eigenvalue weighted by Gasteiger charge is 2.31. The summed E-state index contributed by atoms with van der Waals surface area (Å²) < 4.78 is 40.6. The Morgan fingerprint density at radius 2 is 1.93 bits per heavy atom. The molecule has 0 aliphatic heterocycles. The predicted molar refractivity (Wildman–Crippen MR) is 45.2 cm³/mol. The number of carbonyl (C=O) groups is 1. The highest BCUT2D eigenvalue weighted by Crippen LogP contribution is 2.27. The summed E-state index contributed by atoms with van der Waals surface area (Å²) >= 11 is 0. The molecule has 0 spiro atoms. The van der Waals surface area contributed by atoms with Gasteiger partial charge in [-0.2, -0.15) is 13.2 Å². The van der Waals surface area contributed by atoms with E-state index in [4.69, 9.17) is 0 Å². The summed E-state index contributed by atoms with van der Waals surface area (Å²) in [6.07, 6.45) is -3.30. The van der Waals surface area contributed by atoms with Crippen molar-refractivity contribution >= 4 is 5.97 Å². The molecule has 0 bridgehead atoms. The van der Waals surface area contributed by atoms with Crippen LogP contribution >= 0.6 is 0 Å². The standard InChI is InChI=1S/C9H9F3O2/c1-4-8(9(10,11)12)5-6(2)14-7(3)13/h4-5H,1-2H2,3H3/b8-5+. The van der Waals surface area contributed by atoms with Crippen LogP contribution < -0.4 is 0 Å². The molecule has 0 unspecified atom stereocenters. The maximum atomic E-state index is 12.1. The first kappa shape index (κ1) is 12.5. The van der Waals surface area contributed by atoms with Crippen LogP contribution in [-0.4, -0.2) is 12.1 Å². The zero-order valence-corrected chi connectivity index (χ0v) is 7.52. The molecule has 2 nitrogen and oxygen atoms in total. The molecule has 0 heterocycles. The van der Waals surface area contributed by atoms with Crippen molar-refractivity contribution in [2.24, 2.45) is 0 Å². The molecule has 0 aromatic carbocycles. The van der Waals surface area contributed by atoms with E-state index in [1.54, 1.807) is 0 Å². The van der Waals surface area contributed by atoms with Gasteiger partial charge in [-0.3, -0.25) is 4.79 Å². The molecule has 0 saturated heterocycles. The molecule has 0 atom stereocenters. The topological polar surface area (TPSA) is 26.3 Å². The van der Waals surface area contributed by atoms with Crippen LogP contribution in [-0.2, 0) is 9.53 Å². The zero-order valence-electron chi connectivity index (χ0n) is 7.52. The second-order valence-corrected chi connectivity index (χ2v) is 2.36. The van der Waals surface area contributed by atoms with Crippen molar-refractivity contribution < 1.29 is 22.7 Å². The highest BCUT2D eigenvalue weighted by molar-refractivity contribution is 5.67. The van der Waals surface area contributed by atoms with Crippen LogP contribution in [0.3, 0.4) is 0 Å². The minimum atomic E-state index is -4.52. The molecular formula is C9H9F3O2. The van der Waals surface area contributed by atoms with Gasteiger partial charge in [-0.1, -0.05) is 19.2 Å². The van der Waals surface area contributed by atoms with Crippen LogP contribution in [0, 0.1) is 0 Å². The van der Waals surface area contributed by atoms with Gasteiger partial charge in [-0.15, -0.1) is 0 Å². The lowest BCUT2D eigenvalue weighted by Gasteiger charge is -2.07. The zero-order chi connectivity index (χ0) is 11.4. The van der Waals surface area contributed by atoms with Crippen molar-refractivity contribution in [2.75, 3.05) is 0 Å². The Bertz CT molecular complexity index is 287. The number of rotatable bonds is 3. The van der Waals surface area contributed by atoms with Crippen LogP contribution in [0.5, 0.6) is 0 Å².